The molecule has 106 valence electrons. The lowest BCUT2D eigenvalue weighted by molar-refractivity contribution is 0.542. The van der Waals surface area contributed by atoms with Crippen molar-refractivity contribution in [2.75, 3.05) is 6.54 Å². The Labute approximate surface area is 122 Å². The molecule has 0 saturated carbocycles. The summed E-state index contributed by atoms with van der Waals surface area (Å²) in [5.74, 6) is 1.56. The maximum atomic E-state index is 3.62. The number of allylic oxidation sites excluding steroid dienone is 4. The van der Waals surface area contributed by atoms with Crippen LogP contribution in [0.5, 0.6) is 0 Å². The summed E-state index contributed by atoms with van der Waals surface area (Å²) in [7, 11) is 0. The molecule has 2 unspecified atom stereocenters. The fourth-order valence-electron chi connectivity index (χ4n) is 3.43. The van der Waals surface area contributed by atoms with E-state index in [-0.39, 0.29) is 0 Å². The van der Waals surface area contributed by atoms with Gasteiger partial charge in [0.15, 0.2) is 0 Å². The first kappa shape index (κ1) is 13.6. The summed E-state index contributed by atoms with van der Waals surface area (Å²) in [6, 6.07) is 11.2. The molecule has 0 heterocycles. The van der Waals surface area contributed by atoms with Crippen LogP contribution in [-0.2, 0) is 0 Å². The first-order chi connectivity index (χ1) is 9.83. The monoisotopic (exact) mass is 267 g/mol. The van der Waals surface area contributed by atoms with Crippen LogP contribution in [0.2, 0.25) is 0 Å². The Bertz CT molecular complexity index is 486. The second-order valence-corrected chi connectivity index (χ2v) is 6.18. The van der Waals surface area contributed by atoms with Gasteiger partial charge in [-0.1, -0.05) is 54.1 Å². The number of benzene rings is 1. The molecule has 0 aromatic heterocycles. The summed E-state index contributed by atoms with van der Waals surface area (Å²) in [5, 5.41) is 3.62. The van der Waals surface area contributed by atoms with Crippen molar-refractivity contribution in [3.8, 4) is 0 Å². The van der Waals surface area contributed by atoms with E-state index in [4.69, 9.17) is 0 Å². The lowest BCUT2D eigenvalue weighted by atomic mass is 9.97. The van der Waals surface area contributed by atoms with E-state index in [9.17, 15) is 0 Å². The minimum absolute atomic E-state index is 0.459. The minimum atomic E-state index is 0.459. The lowest BCUT2D eigenvalue weighted by Crippen LogP contribution is -2.19. The van der Waals surface area contributed by atoms with E-state index in [1.165, 1.54) is 31.2 Å². The largest absolute Gasteiger partial charge is 0.310 e. The van der Waals surface area contributed by atoms with Crippen LogP contribution < -0.4 is 5.32 Å². The van der Waals surface area contributed by atoms with Gasteiger partial charge >= 0.3 is 0 Å². The normalized spacial score (nSPS) is 24.9. The average Bonchev–Trinajstić information content (AvgIpc) is 3.10. The van der Waals surface area contributed by atoms with Crippen LogP contribution in [0.3, 0.4) is 0 Å². The van der Waals surface area contributed by atoms with E-state index in [0.29, 0.717) is 6.04 Å². The predicted molar refractivity (Wildman–Crippen MR) is 85.5 cm³/mol. The average molecular weight is 267 g/mol. The Morgan fingerprint density at radius 1 is 1.15 bits per heavy atom. The van der Waals surface area contributed by atoms with Gasteiger partial charge in [-0.15, -0.1) is 0 Å². The van der Waals surface area contributed by atoms with Gasteiger partial charge in [-0.05, 0) is 56.6 Å². The molecule has 2 bridgehead atoms. The van der Waals surface area contributed by atoms with Crippen LogP contribution in [0, 0.1) is 11.8 Å². The summed E-state index contributed by atoms with van der Waals surface area (Å²) in [6.45, 7) is 3.37. The smallest absolute Gasteiger partial charge is 0.0291 e. The lowest BCUT2D eigenvalue weighted by Gasteiger charge is -2.14. The van der Waals surface area contributed by atoms with E-state index in [0.717, 1.165) is 18.4 Å². The van der Waals surface area contributed by atoms with Crippen molar-refractivity contribution in [1.29, 1.82) is 0 Å². The number of hydrogen-bond acceptors (Lipinski definition) is 1. The van der Waals surface area contributed by atoms with E-state index in [1.54, 1.807) is 5.57 Å². The molecule has 20 heavy (non-hydrogen) atoms. The van der Waals surface area contributed by atoms with Crippen molar-refractivity contribution in [1.82, 2.24) is 5.32 Å². The Hall–Kier alpha value is -1.34. The molecular formula is C19H25N. The molecule has 0 amide bonds. The molecule has 1 N–H and O–H groups in total. The van der Waals surface area contributed by atoms with Gasteiger partial charge in [0.1, 0.15) is 0 Å². The predicted octanol–water partition coefficient (Wildman–Crippen LogP) is 4.64. The molecular weight excluding hydrogens is 242 g/mol. The van der Waals surface area contributed by atoms with Crippen molar-refractivity contribution in [2.45, 2.75) is 38.6 Å². The number of unbranched alkanes of at least 4 members (excludes halogenated alkanes) is 1. The first-order valence-corrected chi connectivity index (χ1v) is 8.00. The molecule has 0 radical (unpaired) electrons. The zero-order valence-electron chi connectivity index (χ0n) is 12.4. The van der Waals surface area contributed by atoms with Gasteiger partial charge in [-0.25, -0.2) is 0 Å². The molecule has 3 atom stereocenters. The van der Waals surface area contributed by atoms with Crippen molar-refractivity contribution in [2.24, 2.45) is 11.8 Å². The zero-order valence-corrected chi connectivity index (χ0v) is 12.4. The van der Waals surface area contributed by atoms with Crippen molar-refractivity contribution >= 4 is 0 Å². The SMILES string of the molecule is C[C@@H](NCCCCC1=CC2C=CC1C2)c1ccccc1. The Kier molecular flexibility index (Phi) is 4.37. The van der Waals surface area contributed by atoms with E-state index >= 15 is 0 Å². The molecule has 0 saturated heterocycles. The fourth-order valence-corrected chi connectivity index (χ4v) is 3.43. The summed E-state index contributed by atoms with van der Waals surface area (Å²) in [4.78, 5) is 0. The third-order valence-corrected chi connectivity index (χ3v) is 4.66. The third kappa shape index (κ3) is 3.21. The maximum absolute atomic E-state index is 3.62. The summed E-state index contributed by atoms with van der Waals surface area (Å²) >= 11 is 0. The van der Waals surface area contributed by atoms with Crippen LogP contribution in [-0.4, -0.2) is 6.54 Å². The van der Waals surface area contributed by atoms with Gasteiger partial charge in [0, 0.05) is 6.04 Å². The molecule has 1 heteroatoms. The third-order valence-electron chi connectivity index (χ3n) is 4.66. The molecule has 2 aliphatic rings. The van der Waals surface area contributed by atoms with E-state index in [1.807, 2.05) is 0 Å². The molecule has 1 aromatic rings. The molecule has 2 aliphatic carbocycles. The highest BCUT2D eigenvalue weighted by molar-refractivity contribution is 5.29. The highest BCUT2D eigenvalue weighted by atomic mass is 14.9. The molecule has 0 fully saturated rings. The van der Waals surface area contributed by atoms with Crippen molar-refractivity contribution in [3.63, 3.8) is 0 Å². The van der Waals surface area contributed by atoms with Crippen molar-refractivity contribution in [3.05, 3.63) is 59.7 Å². The molecule has 3 rings (SSSR count). The van der Waals surface area contributed by atoms with Gasteiger partial charge in [0.25, 0.3) is 0 Å². The number of nitrogens with one attached hydrogen (secondary N) is 1. The Morgan fingerprint density at radius 3 is 2.70 bits per heavy atom. The van der Waals surface area contributed by atoms with Gasteiger partial charge in [0.05, 0.1) is 0 Å². The molecule has 1 aromatic carbocycles. The second-order valence-electron chi connectivity index (χ2n) is 6.18. The Morgan fingerprint density at radius 2 is 2.00 bits per heavy atom. The minimum Gasteiger partial charge on any atom is -0.310 e. The quantitative estimate of drug-likeness (QED) is 0.560. The van der Waals surface area contributed by atoms with Crippen LogP contribution in [0.4, 0.5) is 0 Å². The second kappa shape index (κ2) is 6.41. The summed E-state index contributed by atoms with van der Waals surface area (Å²) in [6.07, 6.45) is 12.5. The van der Waals surface area contributed by atoms with Gasteiger partial charge in [0.2, 0.25) is 0 Å². The first-order valence-electron chi connectivity index (χ1n) is 8.00. The van der Waals surface area contributed by atoms with Gasteiger partial charge in [-0.3, -0.25) is 0 Å². The van der Waals surface area contributed by atoms with Crippen LogP contribution >= 0.6 is 0 Å². The number of rotatable bonds is 7. The molecule has 0 spiro atoms. The number of fused-ring (bicyclic) bond motifs is 2. The highest BCUT2D eigenvalue weighted by Crippen LogP contribution is 2.40. The van der Waals surface area contributed by atoms with Crippen LogP contribution in [0.1, 0.15) is 44.2 Å². The molecule has 1 nitrogen and oxygen atoms in total. The van der Waals surface area contributed by atoms with E-state index in [2.05, 4.69) is 60.8 Å². The van der Waals surface area contributed by atoms with Gasteiger partial charge < -0.3 is 5.32 Å². The number of hydrogen-bond donors (Lipinski definition) is 1. The van der Waals surface area contributed by atoms with Gasteiger partial charge in [-0.2, -0.15) is 0 Å². The topological polar surface area (TPSA) is 12.0 Å². The molecule has 0 aliphatic heterocycles. The maximum Gasteiger partial charge on any atom is 0.0291 e. The van der Waals surface area contributed by atoms with Crippen LogP contribution in [0.15, 0.2) is 54.1 Å². The fraction of sp³-hybridized carbons (Fsp3) is 0.474. The Balaban J connectivity index is 1.32. The zero-order chi connectivity index (χ0) is 13.8. The summed E-state index contributed by atoms with van der Waals surface area (Å²) < 4.78 is 0. The highest BCUT2D eigenvalue weighted by Gasteiger charge is 2.26. The standard InChI is InChI=1S/C19H25N/c1-15(17-7-3-2-4-8-17)20-12-6-5-9-18-13-16-10-11-19(18)14-16/h2-4,7-8,10-11,13,15-16,19-20H,5-6,9,12,14H2,1H3/t15-,16?,19?/m1/s1. The summed E-state index contributed by atoms with van der Waals surface area (Å²) in [5.41, 5.74) is 3.09. The van der Waals surface area contributed by atoms with E-state index < -0.39 is 0 Å². The van der Waals surface area contributed by atoms with Crippen LogP contribution in [0.25, 0.3) is 0 Å². The van der Waals surface area contributed by atoms with Crippen molar-refractivity contribution < 1.29 is 0 Å².